The summed E-state index contributed by atoms with van der Waals surface area (Å²) in [5, 5.41) is 4.26. The maximum Gasteiger partial charge on any atom is 0.161 e. The number of sulfone groups is 1. The average Bonchev–Trinajstić information content (AvgIpc) is 2.98. The molecule has 1 aromatic rings. The fraction of sp³-hybridized carbons (Fsp3) is 0.750. The second-order valence-corrected chi connectivity index (χ2v) is 7.37. The van der Waals surface area contributed by atoms with E-state index in [2.05, 4.69) is 10.5 Å². The van der Waals surface area contributed by atoms with Crippen LogP contribution >= 0.6 is 0 Å². The van der Waals surface area contributed by atoms with Crippen LogP contribution in [0.1, 0.15) is 31.5 Å². The van der Waals surface area contributed by atoms with Crippen LogP contribution in [0.15, 0.2) is 6.20 Å². The van der Waals surface area contributed by atoms with Gasteiger partial charge >= 0.3 is 0 Å². The first-order chi connectivity index (χ1) is 9.50. The lowest BCUT2D eigenvalue weighted by molar-refractivity contribution is 0.364. The first-order valence-electron chi connectivity index (χ1n) is 6.77. The lowest BCUT2D eigenvalue weighted by Gasteiger charge is -2.21. The number of nitrogens with two attached hydrogens (primary N) is 1. The molecule has 0 saturated carbocycles. The van der Waals surface area contributed by atoms with Crippen molar-refractivity contribution in [3.63, 3.8) is 0 Å². The van der Waals surface area contributed by atoms with Crippen LogP contribution in [0, 0.1) is 5.92 Å². The van der Waals surface area contributed by atoms with E-state index in [0.717, 1.165) is 5.69 Å². The number of aryl methyl sites for hydroxylation is 1. The zero-order valence-corrected chi connectivity index (χ0v) is 12.7. The molecule has 1 aromatic heterocycles. The van der Waals surface area contributed by atoms with Crippen molar-refractivity contribution in [3.05, 3.63) is 11.9 Å². The molecule has 1 saturated heterocycles. The number of aromatic nitrogens is 2. The third-order valence-corrected chi connectivity index (χ3v) is 5.63. The summed E-state index contributed by atoms with van der Waals surface area (Å²) < 4.78 is 30.2. The Labute approximate surface area is 119 Å². The molecule has 20 heavy (non-hydrogen) atoms. The Morgan fingerprint density at radius 2 is 2.40 bits per heavy atom. The van der Waals surface area contributed by atoms with Crippen molar-refractivity contribution in [1.82, 2.24) is 15.2 Å². The number of nitrogens with one attached hydrogen (secondary N) is 1. The summed E-state index contributed by atoms with van der Waals surface area (Å²) in [4.78, 5) is 0. The molecule has 0 aromatic carbocycles. The van der Waals surface area contributed by atoms with Crippen LogP contribution in [0.2, 0.25) is 0 Å². The van der Waals surface area contributed by atoms with Gasteiger partial charge in [-0.1, -0.05) is 0 Å². The molecule has 2 atom stereocenters. The quantitative estimate of drug-likeness (QED) is 0.577. The van der Waals surface area contributed by atoms with Gasteiger partial charge in [0.15, 0.2) is 15.6 Å². The molecular weight excluding hydrogens is 280 g/mol. The molecule has 0 spiro atoms. The molecule has 0 amide bonds. The number of nitrogens with zero attached hydrogens (tertiary/aromatic N) is 2. The monoisotopic (exact) mass is 302 g/mol. The van der Waals surface area contributed by atoms with Gasteiger partial charge < -0.3 is 4.74 Å². The van der Waals surface area contributed by atoms with Crippen molar-refractivity contribution in [3.8, 4) is 5.75 Å². The SMILES string of the molecule is CCn1ncc(OC)c1C(CC1CCS(=O)(=O)C1)NN. The highest BCUT2D eigenvalue weighted by atomic mass is 32.2. The molecule has 3 N–H and O–H groups in total. The van der Waals surface area contributed by atoms with Gasteiger partial charge in [0.2, 0.25) is 0 Å². The van der Waals surface area contributed by atoms with Gasteiger partial charge in [0.25, 0.3) is 0 Å². The van der Waals surface area contributed by atoms with E-state index in [0.29, 0.717) is 25.1 Å². The minimum absolute atomic E-state index is 0.131. The van der Waals surface area contributed by atoms with Crippen LogP contribution < -0.4 is 16.0 Å². The summed E-state index contributed by atoms with van der Waals surface area (Å²) in [5.74, 6) is 6.99. The van der Waals surface area contributed by atoms with Gasteiger partial charge in [-0.25, -0.2) is 8.42 Å². The van der Waals surface area contributed by atoms with Crippen molar-refractivity contribution in [2.45, 2.75) is 32.4 Å². The predicted molar refractivity (Wildman–Crippen MR) is 75.9 cm³/mol. The molecule has 2 heterocycles. The molecule has 7 nitrogen and oxygen atoms in total. The first-order valence-corrected chi connectivity index (χ1v) is 8.59. The summed E-state index contributed by atoms with van der Waals surface area (Å²) >= 11 is 0. The fourth-order valence-electron chi connectivity index (χ4n) is 2.79. The van der Waals surface area contributed by atoms with E-state index in [-0.39, 0.29) is 23.5 Å². The molecule has 0 aliphatic carbocycles. The minimum Gasteiger partial charge on any atom is -0.493 e. The molecule has 2 unspecified atom stereocenters. The Bertz CT molecular complexity index is 534. The highest BCUT2D eigenvalue weighted by Gasteiger charge is 2.32. The number of hydrogen-bond donors (Lipinski definition) is 2. The standard InChI is InChI=1S/C12H22N4O3S/c1-3-16-12(11(19-2)7-14-16)10(15-13)6-9-4-5-20(17,18)8-9/h7,9-10,15H,3-6,8,13H2,1-2H3. The zero-order chi connectivity index (χ0) is 14.8. The Morgan fingerprint density at radius 3 is 2.90 bits per heavy atom. The normalized spacial score (nSPS) is 22.9. The molecule has 0 radical (unpaired) electrons. The lowest BCUT2D eigenvalue weighted by Crippen LogP contribution is -2.32. The summed E-state index contributed by atoms with van der Waals surface area (Å²) in [6.07, 6.45) is 3.02. The summed E-state index contributed by atoms with van der Waals surface area (Å²) in [7, 11) is -1.28. The van der Waals surface area contributed by atoms with E-state index < -0.39 is 9.84 Å². The molecule has 1 aliphatic rings. The molecule has 114 valence electrons. The van der Waals surface area contributed by atoms with Gasteiger partial charge in [-0.05, 0) is 25.7 Å². The second kappa shape index (κ2) is 6.11. The van der Waals surface area contributed by atoms with E-state index in [1.165, 1.54) is 0 Å². The number of ether oxygens (including phenoxy) is 1. The molecule has 1 fully saturated rings. The predicted octanol–water partition coefficient (Wildman–Crippen LogP) is 0.241. The van der Waals surface area contributed by atoms with Crippen molar-refractivity contribution in [2.75, 3.05) is 18.6 Å². The van der Waals surface area contributed by atoms with E-state index in [4.69, 9.17) is 10.6 Å². The van der Waals surface area contributed by atoms with Gasteiger partial charge in [0.1, 0.15) is 0 Å². The van der Waals surface area contributed by atoms with Gasteiger partial charge in [0.05, 0.1) is 36.5 Å². The van der Waals surface area contributed by atoms with Crippen LogP contribution in [-0.2, 0) is 16.4 Å². The molecular formula is C12H22N4O3S. The van der Waals surface area contributed by atoms with E-state index in [1.54, 1.807) is 13.3 Å². The highest BCUT2D eigenvalue weighted by Crippen LogP contribution is 2.32. The number of hydrazine groups is 1. The van der Waals surface area contributed by atoms with Crippen LogP contribution in [0.5, 0.6) is 5.75 Å². The summed E-state index contributed by atoms with van der Waals surface area (Å²) in [6.45, 7) is 2.70. The van der Waals surface area contributed by atoms with Crippen molar-refractivity contribution >= 4 is 9.84 Å². The highest BCUT2D eigenvalue weighted by molar-refractivity contribution is 7.91. The fourth-order valence-corrected chi connectivity index (χ4v) is 4.67. The molecule has 1 aliphatic heterocycles. The Balaban J connectivity index is 2.18. The number of rotatable bonds is 6. The first kappa shape index (κ1) is 15.3. The number of hydrogen-bond acceptors (Lipinski definition) is 6. The smallest absolute Gasteiger partial charge is 0.161 e. The third kappa shape index (κ3) is 3.13. The lowest BCUT2D eigenvalue weighted by atomic mass is 9.97. The van der Waals surface area contributed by atoms with Gasteiger partial charge in [-0.2, -0.15) is 5.10 Å². The van der Waals surface area contributed by atoms with Crippen LogP contribution in [-0.4, -0.2) is 36.8 Å². The maximum absolute atomic E-state index is 11.5. The third-order valence-electron chi connectivity index (χ3n) is 3.79. The molecule has 0 bridgehead atoms. The van der Waals surface area contributed by atoms with Crippen LogP contribution in [0.4, 0.5) is 0 Å². The Hall–Kier alpha value is -1.12. The van der Waals surface area contributed by atoms with Gasteiger partial charge in [-0.3, -0.25) is 16.0 Å². The van der Waals surface area contributed by atoms with Gasteiger partial charge in [-0.15, -0.1) is 0 Å². The Morgan fingerprint density at radius 1 is 1.65 bits per heavy atom. The van der Waals surface area contributed by atoms with E-state index in [9.17, 15) is 8.42 Å². The average molecular weight is 302 g/mol. The Kier molecular flexibility index (Phi) is 4.66. The van der Waals surface area contributed by atoms with Crippen LogP contribution in [0.3, 0.4) is 0 Å². The largest absolute Gasteiger partial charge is 0.493 e. The maximum atomic E-state index is 11.5. The molecule has 8 heteroatoms. The van der Waals surface area contributed by atoms with Crippen LogP contribution in [0.25, 0.3) is 0 Å². The molecule has 2 rings (SSSR count). The van der Waals surface area contributed by atoms with Crippen molar-refractivity contribution < 1.29 is 13.2 Å². The van der Waals surface area contributed by atoms with Crippen molar-refractivity contribution in [1.29, 1.82) is 0 Å². The summed E-state index contributed by atoms with van der Waals surface area (Å²) in [6, 6.07) is -0.161. The van der Waals surface area contributed by atoms with Crippen molar-refractivity contribution in [2.24, 2.45) is 11.8 Å². The number of methoxy groups -OCH3 is 1. The van der Waals surface area contributed by atoms with E-state index in [1.807, 2.05) is 11.6 Å². The zero-order valence-electron chi connectivity index (χ0n) is 11.9. The second-order valence-electron chi connectivity index (χ2n) is 5.14. The van der Waals surface area contributed by atoms with Gasteiger partial charge in [0, 0.05) is 6.54 Å². The summed E-state index contributed by atoms with van der Waals surface area (Å²) in [5.41, 5.74) is 3.65. The van der Waals surface area contributed by atoms with E-state index >= 15 is 0 Å². The topological polar surface area (TPSA) is 99.2 Å². The minimum atomic E-state index is -2.87.